The van der Waals surface area contributed by atoms with Crippen molar-refractivity contribution >= 4 is 17.5 Å². The Bertz CT molecular complexity index is 1070. The van der Waals surface area contributed by atoms with E-state index in [1.54, 1.807) is 0 Å². The van der Waals surface area contributed by atoms with Crippen molar-refractivity contribution in [3.8, 4) is 11.4 Å². The first-order chi connectivity index (χ1) is 14.1. The molecular weight excluding hydrogens is 392 g/mol. The zero-order valence-electron chi connectivity index (χ0n) is 18.7. The Morgan fingerprint density at radius 1 is 1.17 bits per heavy atom. The van der Waals surface area contributed by atoms with Gasteiger partial charge in [0, 0.05) is 36.1 Å². The van der Waals surface area contributed by atoms with Gasteiger partial charge >= 0.3 is 0 Å². The normalized spacial score (nSPS) is 11.7. The molecule has 0 aliphatic carbocycles. The number of aromatic nitrogens is 4. The van der Waals surface area contributed by atoms with E-state index in [1.165, 1.54) is 17.3 Å². The largest absolute Gasteiger partial charge is 0.351 e. The highest BCUT2D eigenvalue weighted by Crippen LogP contribution is 2.28. The highest BCUT2D eigenvalue weighted by molar-refractivity contribution is 7.99. The van der Waals surface area contributed by atoms with E-state index >= 15 is 0 Å². The van der Waals surface area contributed by atoms with E-state index in [1.807, 2.05) is 42.2 Å². The minimum Gasteiger partial charge on any atom is -0.351 e. The van der Waals surface area contributed by atoms with E-state index in [0.29, 0.717) is 12.3 Å². The summed E-state index contributed by atoms with van der Waals surface area (Å²) in [5, 5.41) is 9.50. The minimum absolute atomic E-state index is 0.0998. The van der Waals surface area contributed by atoms with Crippen molar-refractivity contribution < 1.29 is 4.79 Å². The third kappa shape index (κ3) is 4.43. The minimum atomic E-state index is 0.0998. The molecule has 3 aromatic rings. The number of nitrogens with zero attached hydrogens (tertiary/aromatic N) is 4. The molecule has 0 saturated carbocycles. The van der Waals surface area contributed by atoms with Crippen LogP contribution in [0.1, 0.15) is 48.1 Å². The molecule has 3 rings (SSSR count). The second-order valence-corrected chi connectivity index (χ2v) is 9.53. The van der Waals surface area contributed by atoms with Gasteiger partial charge in [-0.2, -0.15) is 0 Å². The maximum Gasteiger partial charge on any atom is 0.192 e. The van der Waals surface area contributed by atoms with Gasteiger partial charge in [-0.25, -0.2) is 0 Å². The summed E-state index contributed by atoms with van der Waals surface area (Å²) in [6, 6.07) is 10.4. The van der Waals surface area contributed by atoms with Gasteiger partial charge < -0.3 is 4.57 Å². The zero-order chi connectivity index (χ0) is 22.1. The summed E-state index contributed by atoms with van der Waals surface area (Å²) < 4.78 is 4.05. The highest BCUT2D eigenvalue weighted by Gasteiger charge is 2.19. The van der Waals surface area contributed by atoms with Gasteiger partial charge in [-0.3, -0.25) is 9.36 Å². The molecule has 0 N–H and O–H groups in total. The van der Waals surface area contributed by atoms with E-state index in [-0.39, 0.29) is 11.2 Å². The van der Waals surface area contributed by atoms with Crippen LogP contribution in [-0.2, 0) is 19.0 Å². The van der Waals surface area contributed by atoms with Crippen molar-refractivity contribution in [1.29, 1.82) is 0 Å². The van der Waals surface area contributed by atoms with Gasteiger partial charge in [0.15, 0.2) is 16.8 Å². The quantitative estimate of drug-likeness (QED) is 0.292. The first-order valence-electron chi connectivity index (χ1n) is 10.1. The standard InChI is InChI=1S/C24H30N4OS/c1-8-13-28-22(18-9-11-19(12-10-18)24(4,5)6)25-26-23(28)30-15-21(29)20-14-16(2)27(7)17(20)3/h8-12,14H,1,13,15H2,2-7H3. The van der Waals surface area contributed by atoms with Gasteiger partial charge in [-0.15, -0.1) is 16.8 Å². The second-order valence-electron chi connectivity index (χ2n) is 8.59. The molecular formula is C24H30N4OS. The van der Waals surface area contributed by atoms with Crippen molar-refractivity contribution in [2.75, 3.05) is 5.75 Å². The smallest absolute Gasteiger partial charge is 0.192 e. The van der Waals surface area contributed by atoms with Crippen LogP contribution in [-0.4, -0.2) is 30.9 Å². The Balaban J connectivity index is 1.83. The van der Waals surface area contributed by atoms with Crippen molar-refractivity contribution in [2.45, 2.75) is 51.7 Å². The fraction of sp³-hybridized carbons (Fsp3) is 0.375. The van der Waals surface area contributed by atoms with Crippen LogP contribution in [0.5, 0.6) is 0 Å². The van der Waals surface area contributed by atoms with E-state index in [2.05, 4.69) is 61.8 Å². The summed E-state index contributed by atoms with van der Waals surface area (Å²) in [6.45, 7) is 15.0. The number of carbonyl (C=O) groups excluding carboxylic acids is 1. The Hall–Kier alpha value is -2.60. The molecule has 0 bridgehead atoms. The molecule has 30 heavy (non-hydrogen) atoms. The van der Waals surface area contributed by atoms with Crippen LogP contribution in [0.2, 0.25) is 0 Å². The maximum absolute atomic E-state index is 12.8. The van der Waals surface area contributed by atoms with Crippen molar-refractivity contribution in [1.82, 2.24) is 19.3 Å². The van der Waals surface area contributed by atoms with Gasteiger partial charge in [-0.05, 0) is 30.9 Å². The SMILES string of the molecule is C=CCn1c(SCC(=O)c2cc(C)n(C)c2C)nnc1-c1ccc(C(C)(C)C)cc1. The van der Waals surface area contributed by atoms with Crippen LogP contribution in [0, 0.1) is 13.8 Å². The van der Waals surface area contributed by atoms with E-state index < -0.39 is 0 Å². The molecule has 1 aromatic carbocycles. The molecule has 0 radical (unpaired) electrons. The molecule has 0 amide bonds. The number of rotatable bonds is 7. The van der Waals surface area contributed by atoms with Gasteiger partial charge in [0.1, 0.15) is 0 Å². The number of ketones is 1. The van der Waals surface area contributed by atoms with E-state index in [0.717, 1.165) is 33.5 Å². The van der Waals surface area contributed by atoms with Gasteiger partial charge in [0.2, 0.25) is 0 Å². The second kappa shape index (κ2) is 8.64. The molecule has 6 heteroatoms. The molecule has 0 atom stereocenters. The van der Waals surface area contributed by atoms with Crippen molar-refractivity contribution in [2.24, 2.45) is 7.05 Å². The summed E-state index contributed by atoms with van der Waals surface area (Å²) in [5.74, 6) is 1.21. The van der Waals surface area contributed by atoms with E-state index in [4.69, 9.17) is 0 Å². The number of hydrogen-bond acceptors (Lipinski definition) is 4. The molecule has 158 valence electrons. The van der Waals surface area contributed by atoms with Crippen LogP contribution in [0.3, 0.4) is 0 Å². The zero-order valence-corrected chi connectivity index (χ0v) is 19.5. The van der Waals surface area contributed by atoms with Crippen LogP contribution in [0.15, 0.2) is 48.1 Å². The van der Waals surface area contributed by atoms with Crippen LogP contribution in [0.25, 0.3) is 11.4 Å². The first kappa shape index (κ1) is 22.1. The number of hydrogen-bond donors (Lipinski definition) is 0. The van der Waals surface area contributed by atoms with Crippen LogP contribution >= 0.6 is 11.8 Å². The molecule has 2 heterocycles. The lowest BCUT2D eigenvalue weighted by atomic mass is 9.87. The summed E-state index contributed by atoms with van der Waals surface area (Å²) in [5.41, 5.74) is 5.22. The first-order valence-corrected chi connectivity index (χ1v) is 11.1. The summed E-state index contributed by atoms with van der Waals surface area (Å²) >= 11 is 1.42. The lowest BCUT2D eigenvalue weighted by Crippen LogP contribution is -2.10. The van der Waals surface area contributed by atoms with Gasteiger partial charge in [-0.1, -0.05) is 62.9 Å². The lowest BCUT2D eigenvalue weighted by molar-refractivity contribution is 0.102. The van der Waals surface area contributed by atoms with Crippen molar-refractivity contribution in [3.05, 3.63) is 65.5 Å². The number of Topliss-reactive ketones (excluding diaryl/α,β-unsaturated/α-hetero) is 1. The number of aryl methyl sites for hydroxylation is 1. The van der Waals surface area contributed by atoms with Crippen LogP contribution < -0.4 is 0 Å². The summed E-state index contributed by atoms with van der Waals surface area (Å²) in [7, 11) is 1.98. The van der Waals surface area contributed by atoms with Crippen LogP contribution in [0.4, 0.5) is 0 Å². The molecule has 2 aromatic heterocycles. The molecule has 5 nitrogen and oxygen atoms in total. The Labute approximate surface area is 183 Å². The Morgan fingerprint density at radius 2 is 1.83 bits per heavy atom. The van der Waals surface area contributed by atoms with E-state index in [9.17, 15) is 4.79 Å². The predicted octanol–water partition coefficient (Wildman–Crippen LogP) is 5.36. The average molecular weight is 423 g/mol. The number of benzene rings is 1. The summed E-state index contributed by atoms with van der Waals surface area (Å²) in [6.07, 6.45) is 1.83. The topological polar surface area (TPSA) is 52.7 Å². The Morgan fingerprint density at radius 3 is 2.37 bits per heavy atom. The highest BCUT2D eigenvalue weighted by atomic mass is 32.2. The molecule has 0 fully saturated rings. The maximum atomic E-state index is 12.8. The van der Waals surface area contributed by atoms with Gasteiger partial charge in [0.25, 0.3) is 0 Å². The molecule has 0 aliphatic heterocycles. The van der Waals surface area contributed by atoms with Crippen molar-refractivity contribution in [3.63, 3.8) is 0 Å². The molecule has 0 spiro atoms. The monoisotopic (exact) mass is 422 g/mol. The molecule has 0 saturated heterocycles. The molecule has 0 unspecified atom stereocenters. The number of allylic oxidation sites excluding steroid dienone is 1. The summed E-state index contributed by atoms with van der Waals surface area (Å²) in [4.78, 5) is 12.8. The third-order valence-corrected chi connectivity index (χ3v) is 6.41. The number of thioether (sulfide) groups is 1. The fourth-order valence-electron chi connectivity index (χ4n) is 3.37. The third-order valence-electron chi connectivity index (χ3n) is 5.45. The lowest BCUT2D eigenvalue weighted by Gasteiger charge is -2.19. The van der Waals surface area contributed by atoms with Gasteiger partial charge in [0.05, 0.1) is 5.75 Å². The Kier molecular flexibility index (Phi) is 6.36. The average Bonchev–Trinajstić information content (AvgIpc) is 3.22. The molecule has 0 aliphatic rings. The predicted molar refractivity (Wildman–Crippen MR) is 124 cm³/mol. The fourth-order valence-corrected chi connectivity index (χ4v) is 4.20. The number of carbonyl (C=O) groups is 1.